The van der Waals surface area contributed by atoms with Gasteiger partial charge in [-0.25, -0.2) is 0 Å². The summed E-state index contributed by atoms with van der Waals surface area (Å²) in [5.41, 5.74) is 0.978. The normalized spacial score (nSPS) is 19.8. The zero-order valence-electron chi connectivity index (χ0n) is 7.98. The van der Waals surface area contributed by atoms with E-state index in [-0.39, 0.29) is 6.10 Å². The van der Waals surface area contributed by atoms with E-state index in [1.165, 1.54) is 19.3 Å². The third-order valence-electron chi connectivity index (χ3n) is 2.92. The summed E-state index contributed by atoms with van der Waals surface area (Å²) < 4.78 is 1.86. The molecule has 0 radical (unpaired) electrons. The van der Waals surface area contributed by atoms with Crippen LogP contribution in [0.15, 0.2) is 12.4 Å². The molecule has 1 heterocycles. The van der Waals surface area contributed by atoms with E-state index in [0.717, 1.165) is 12.1 Å². The fourth-order valence-corrected chi connectivity index (χ4v) is 1.73. The first kappa shape index (κ1) is 8.75. The van der Waals surface area contributed by atoms with Crippen molar-refractivity contribution in [3.63, 3.8) is 0 Å². The van der Waals surface area contributed by atoms with Gasteiger partial charge in [0, 0.05) is 18.3 Å². The summed E-state index contributed by atoms with van der Waals surface area (Å²) in [6.07, 6.45) is 7.05. The van der Waals surface area contributed by atoms with Crippen molar-refractivity contribution in [2.45, 2.75) is 38.8 Å². The van der Waals surface area contributed by atoms with Crippen LogP contribution in [0.3, 0.4) is 0 Å². The number of rotatable bonds is 3. The molecule has 1 aliphatic rings. The first-order chi connectivity index (χ1) is 6.31. The highest BCUT2D eigenvalue weighted by Gasteiger charge is 2.27. The SMILES string of the molecule is CCn1cc(C(O)C2CCC2)cn1. The Bertz CT molecular complexity index is 278. The number of nitrogens with zero attached hydrogens (tertiary/aromatic N) is 2. The number of aliphatic hydroxyl groups excluding tert-OH is 1. The van der Waals surface area contributed by atoms with Gasteiger partial charge < -0.3 is 5.11 Å². The molecule has 0 bridgehead atoms. The van der Waals surface area contributed by atoms with Crippen LogP contribution in [-0.4, -0.2) is 14.9 Å². The second kappa shape index (κ2) is 3.50. The van der Waals surface area contributed by atoms with E-state index in [1.807, 2.05) is 17.8 Å². The van der Waals surface area contributed by atoms with E-state index in [0.29, 0.717) is 5.92 Å². The number of aromatic nitrogens is 2. The van der Waals surface area contributed by atoms with Gasteiger partial charge in [-0.3, -0.25) is 4.68 Å². The van der Waals surface area contributed by atoms with Crippen molar-refractivity contribution >= 4 is 0 Å². The summed E-state index contributed by atoms with van der Waals surface area (Å²) in [7, 11) is 0. The number of hydrogen-bond donors (Lipinski definition) is 1. The van der Waals surface area contributed by atoms with E-state index in [9.17, 15) is 5.11 Å². The lowest BCUT2D eigenvalue weighted by molar-refractivity contribution is 0.0620. The predicted octanol–water partition coefficient (Wildman–Crippen LogP) is 1.74. The molecule has 1 atom stereocenters. The van der Waals surface area contributed by atoms with Crippen LogP contribution in [0.25, 0.3) is 0 Å². The minimum atomic E-state index is -0.283. The van der Waals surface area contributed by atoms with Crippen molar-refractivity contribution in [1.82, 2.24) is 9.78 Å². The molecule has 1 saturated carbocycles. The average Bonchev–Trinajstić information content (AvgIpc) is 2.48. The van der Waals surface area contributed by atoms with Crippen molar-refractivity contribution in [3.05, 3.63) is 18.0 Å². The van der Waals surface area contributed by atoms with Crippen molar-refractivity contribution in [2.75, 3.05) is 0 Å². The van der Waals surface area contributed by atoms with Crippen LogP contribution in [-0.2, 0) is 6.54 Å². The van der Waals surface area contributed by atoms with Crippen LogP contribution in [0.4, 0.5) is 0 Å². The van der Waals surface area contributed by atoms with Gasteiger partial charge in [0.2, 0.25) is 0 Å². The van der Waals surface area contributed by atoms with Crippen LogP contribution < -0.4 is 0 Å². The first-order valence-corrected chi connectivity index (χ1v) is 5.01. The van der Waals surface area contributed by atoms with Gasteiger partial charge in [0.1, 0.15) is 0 Å². The van der Waals surface area contributed by atoms with E-state index in [4.69, 9.17) is 0 Å². The fourth-order valence-electron chi connectivity index (χ4n) is 1.73. The summed E-state index contributed by atoms with van der Waals surface area (Å²) >= 11 is 0. The molecule has 1 aliphatic carbocycles. The second-order valence-electron chi connectivity index (χ2n) is 3.77. The summed E-state index contributed by atoms with van der Waals surface area (Å²) in [5, 5.41) is 14.0. The maximum Gasteiger partial charge on any atom is 0.0848 e. The summed E-state index contributed by atoms with van der Waals surface area (Å²) in [6.45, 7) is 2.92. The molecule has 1 aromatic heterocycles. The molecule has 1 N–H and O–H groups in total. The molecule has 3 nitrogen and oxygen atoms in total. The molecule has 1 aromatic rings. The highest BCUT2D eigenvalue weighted by Crippen LogP contribution is 2.37. The Labute approximate surface area is 78.4 Å². The number of aliphatic hydroxyl groups is 1. The Hall–Kier alpha value is -0.830. The predicted molar refractivity (Wildman–Crippen MR) is 50.2 cm³/mol. The van der Waals surface area contributed by atoms with Gasteiger partial charge in [0.05, 0.1) is 12.3 Å². The highest BCUT2D eigenvalue weighted by molar-refractivity contribution is 5.10. The van der Waals surface area contributed by atoms with Crippen LogP contribution in [0.5, 0.6) is 0 Å². The van der Waals surface area contributed by atoms with E-state index in [1.54, 1.807) is 6.20 Å². The van der Waals surface area contributed by atoms with Crippen molar-refractivity contribution in [1.29, 1.82) is 0 Å². The second-order valence-corrected chi connectivity index (χ2v) is 3.77. The van der Waals surface area contributed by atoms with Gasteiger partial charge in [-0.2, -0.15) is 5.10 Å². The fraction of sp³-hybridized carbons (Fsp3) is 0.700. The molecule has 0 amide bonds. The lowest BCUT2D eigenvalue weighted by atomic mass is 9.79. The molecule has 0 aliphatic heterocycles. The molecule has 3 heteroatoms. The topological polar surface area (TPSA) is 38.0 Å². The van der Waals surface area contributed by atoms with E-state index < -0.39 is 0 Å². The monoisotopic (exact) mass is 180 g/mol. The third kappa shape index (κ3) is 1.61. The Morgan fingerprint density at radius 3 is 2.92 bits per heavy atom. The lowest BCUT2D eigenvalue weighted by Gasteiger charge is -2.29. The van der Waals surface area contributed by atoms with Crippen molar-refractivity contribution in [3.8, 4) is 0 Å². The molecule has 13 heavy (non-hydrogen) atoms. The summed E-state index contributed by atoms with van der Waals surface area (Å²) in [4.78, 5) is 0. The molecule has 0 saturated heterocycles. The minimum Gasteiger partial charge on any atom is -0.388 e. The van der Waals surface area contributed by atoms with Gasteiger partial charge in [-0.1, -0.05) is 6.42 Å². The Balaban J connectivity index is 2.05. The van der Waals surface area contributed by atoms with Gasteiger partial charge in [-0.15, -0.1) is 0 Å². The number of hydrogen-bond acceptors (Lipinski definition) is 2. The standard InChI is InChI=1S/C10H16N2O/c1-2-12-7-9(6-11-12)10(13)8-4-3-5-8/h6-8,10,13H,2-5H2,1H3. The van der Waals surface area contributed by atoms with E-state index in [2.05, 4.69) is 5.10 Å². The summed E-state index contributed by atoms with van der Waals surface area (Å²) in [5.74, 6) is 0.481. The zero-order chi connectivity index (χ0) is 9.26. The Morgan fingerprint density at radius 1 is 1.69 bits per heavy atom. The molecule has 2 rings (SSSR count). The Kier molecular flexibility index (Phi) is 2.36. The molecule has 72 valence electrons. The van der Waals surface area contributed by atoms with Crippen LogP contribution in [0.1, 0.15) is 37.9 Å². The van der Waals surface area contributed by atoms with Gasteiger partial charge >= 0.3 is 0 Å². The van der Waals surface area contributed by atoms with Crippen molar-refractivity contribution in [2.24, 2.45) is 5.92 Å². The molecule has 0 aromatic carbocycles. The summed E-state index contributed by atoms with van der Waals surface area (Å²) in [6, 6.07) is 0. The van der Waals surface area contributed by atoms with Gasteiger partial charge in [0.15, 0.2) is 0 Å². The van der Waals surface area contributed by atoms with E-state index >= 15 is 0 Å². The molecule has 1 fully saturated rings. The van der Waals surface area contributed by atoms with Crippen LogP contribution in [0.2, 0.25) is 0 Å². The zero-order valence-corrected chi connectivity index (χ0v) is 7.98. The maximum absolute atomic E-state index is 9.90. The molecular weight excluding hydrogens is 164 g/mol. The quantitative estimate of drug-likeness (QED) is 0.769. The Morgan fingerprint density at radius 2 is 2.46 bits per heavy atom. The van der Waals surface area contributed by atoms with Gasteiger partial charge in [-0.05, 0) is 25.7 Å². The van der Waals surface area contributed by atoms with Crippen LogP contribution >= 0.6 is 0 Å². The highest BCUT2D eigenvalue weighted by atomic mass is 16.3. The molecule has 0 spiro atoms. The first-order valence-electron chi connectivity index (χ1n) is 5.01. The maximum atomic E-state index is 9.90. The lowest BCUT2D eigenvalue weighted by Crippen LogP contribution is -2.19. The number of aryl methyl sites for hydroxylation is 1. The van der Waals surface area contributed by atoms with Crippen LogP contribution in [0, 0.1) is 5.92 Å². The van der Waals surface area contributed by atoms with Crippen molar-refractivity contribution < 1.29 is 5.11 Å². The molecule has 1 unspecified atom stereocenters. The average molecular weight is 180 g/mol. The minimum absolute atomic E-state index is 0.283. The third-order valence-corrected chi connectivity index (χ3v) is 2.92. The smallest absolute Gasteiger partial charge is 0.0848 e. The molecular formula is C10H16N2O. The van der Waals surface area contributed by atoms with Gasteiger partial charge in [0.25, 0.3) is 0 Å². The largest absolute Gasteiger partial charge is 0.388 e.